The van der Waals surface area contributed by atoms with Crippen LogP contribution in [0.5, 0.6) is 0 Å². The minimum absolute atomic E-state index is 0.262. The van der Waals surface area contributed by atoms with Gasteiger partial charge in [-0.3, -0.25) is 0 Å². The van der Waals surface area contributed by atoms with Gasteiger partial charge in [-0.25, -0.2) is 0 Å². The van der Waals surface area contributed by atoms with Gasteiger partial charge in [0, 0.05) is 6.42 Å². The summed E-state index contributed by atoms with van der Waals surface area (Å²) in [5, 5.41) is 18.9. The molecule has 17 heavy (non-hydrogen) atoms. The van der Waals surface area contributed by atoms with Crippen LogP contribution in [-0.4, -0.2) is 16.0 Å². The minimum atomic E-state index is -1.69. The molecule has 0 unspecified atom stereocenters. The first kappa shape index (κ1) is 11.8. The second-order valence-corrected chi connectivity index (χ2v) is 4.37. The molecule has 0 saturated heterocycles. The Labute approximate surface area is 101 Å². The lowest BCUT2D eigenvalue weighted by Gasteiger charge is -2.22. The van der Waals surface area contributed by atoms with Crippen LogP contribution in [0.2, 0.25) is 0 Å². The van der Waals surface area contributed by atoms with Crippen LogP contribution in [0.15, 0.2) is 59.7 Å². The summed E-state index contributed by atoms with van der Waals surface area (Å²) in [5.41, 5.74) is 3.14. The molecule has 0 aliphatic heterocycles. The van der Waals surface area contributed by atoms with Crippen molar-refractivity contribution in [3.63, 3.8) is 0 Å². The Morgan fingerprint density at radius 3 is 2.47 bits per heavy atom. The lowest BCUT2D eigenvalue weighted by molar-refractivity contribution is -0.117. The molecule has 1 aromatic carbocycles. The summed E-state index contributed by atoms with van der Waals surface area (Å²) in [6.07, 6.45) is 7.45. The summed E-state index contributed by atoms with van der Waals surface area (Å²) < 4.78 is 0. The summed E-state index contributed by atoms with van der Waals surface area (Å²) >= 11 is 0. The predicted molar refractivity (Wildman–Crippen MR) is 69.1 cm³/mol. The number of hydrogen-bond donors (Lipinski definition) is 2. The first-order valence-corrected chi connectivity index (χ1v) is 5.64. The highest BCUT2D eigenvalue weighted by Gasteiger charge is 2.23. The zero-order chi connectivity index (χ0) is 12.3. The third-order valence-electron chi connectivity index (χ3n) is 2.80. The largest absolute Gasteiger partial charge is 0.362 e. The van der Waals surface area contributed by atoms with E-state index < -0.39 is 5.79 Å². The van der Waals surface area contributed by atoms with Crippen molar-refractivity contribution >= 4 is 6.08 Å². The van der Waals surface area contributed by atoms with Gasteiger partial charge in [0.25, 0.3) is 0 Å². The standard InChI is InChI=1S/C15H16O2/c1-12-11-15(16,17)10-9-14(12)8-7-13-5-3-2-4-6-13/h2-10,16-17H,11H2,1H3. The van der Waals surface area contributed by atoms with E-state index >= 15 is 0 Å². The number of allylic oxidation sites excluding steroid dienone is 3. The Hall–Kier alpha value is -1.64. The maximum Gasteiger partial charge on any atom is 0.186 e. The molecule has 0 aromatic heterocycles. The van der Waals surface area contributed by atoms with Gasteiger partial charge in [0.05, 0.1) is 0 Å². The van der Waals surface area contributed by atoms with Gasteiger partial charge in [-0.1, -0.05) is 54.1 Å². The molecule has 0 fully saturated rings. The van der Waals surface area contributed by atoms with Gasteiger partial charge in [-0.15, -0.1) is 0 Å². The maximum absolute atomic E-state index is 9.46. The first-order valence-electron chi connectivity index (χ1n) is 5.64. The highest BCUT2D eigenvalue weighted by molar-refractivity contribution is 5.56. The molecule has 0 saturated carbocycles. The lowest BCUT2D eigenvalue weighted by Crippen LogP contribution is -2.27. The second kappa shape index (κ2) is 4.70. The minimum Gasteiger partial charge on any atom is -0.362 e. The van der Waals surface area contributed by atoms with Gasteiger partial charge in [-0.05, 0) is 24.1 Å². The summed E-state index contributed by atoms with van der Waals surface area (Å²) in [6.45, 7) is 1.91. The average Bonchev–Trinajstić information content (AvgIpc) is 2.28. The first-order chi connectivity index (χ1) is 8.07. The quantitative estimate of drug-likeness (QED) is 0.764. The summed E-state index contributed by atoms with van der Waals surface area (Å²) in [6, 6.07) is 10.0. The van der Waals surface area contributed by atoms with Gasteiger partial charge in [0.15, 0.2) is 5.79 Å². The van der Waals surface area contributed by atoms with E-state index in [1.807, 2.05) is 49.4 Å². The fraction of sp³-hybridized carbons (Fsp3) is 0.200. The Morgan fingerprint density at radius 2 is 1.82 bits per heavy atom. The van der Waals surface area contributed by atoms with E-state index in [1.54, 1.807) is 6.08 Å². The molecule has 2 N–H and O–H groups in total. The number of aliphatic hydroxyl groups is 2. The van der Waals surface area contributed by atoms with Crippen LogP contribution in [-0.2, 0) is 0 Å². The van der Waals surface area contributed by atoms with Crippen molar-refractivity contribution in [2.24, 2.45) is 0 Å². The molecular formula is C15H16O2. The molecule has 1 aliphatic carbocycles. The smallest absolute Gasteiger partial charge is 0.186 e. The van der Waals surface area contributed by atoms with Crippen molar-refractivity contribution in [2.75, 3.05) is 0 Å². The molecule has 0 heterocycles. The van der Waals surface area contributed by atoms with Crippen LogP contribution in [0.1, 0.15) is 18.9 Å². The molecule has 0 atom stereocenters. The third kappa shape index (κ3) is 3.16. The summed E-state index contributed by atoms with van der Waals surface area (Å²) in [4.78, 5) is 0. The Balaban J connectivity index is 2.16. The highest BCUT2D eigenvalue weighted by Crippen LogP contribution is 2.25. The SMILES string of the molecule is CC1=C(C=Cc2ccccc2)C=CC(O)(O)C1. The van der Waals surface area contributed by atoms with Gasteiger partial charge in [-0.2, -0.15) is 0 Å². The molecular weight excluding hydrogens is 212 g/mol. The van der Waals surface area contributed by atoms with Crippen molar-refractivity contribution < 1.29 is 10.2 Å². The van der Waals surface area contributed by atoms with Crippen LogP contribution in [0, 0.1) is 0 Å². The van der Waals surface area contributed by atoms with E-state index in [0.29, 0.717) is 0 Å². The van der Waals surface area contributed by atoms with E-state index in [2.05, 4.69) is 0 Å². The Kier molecular flexibility index (Phi) is 3.27. The van der Waals surface area contributed by atoms with Crippen LogP contribution in [0.25, 0.3) is 6.08 Å². The van der Waals surface area contributed by atoms with E-state index in [9.17, 15) is 10.2 Å². The number of hydrogen-bond acceptors (Lipinski definition) is 2. The van der Waals surface area contributed by atoms with Crippen molar-refractivity contribution in [2.45, 2.75) is 19.1 Å². The molecule has 2 nitrogen and oxygen atoms in total. The topological polar surface area (TPSA) is 40.5 Å². The number of rotatable bonds is 2. The van der Waals surface area contributed by atoms with Crippen molar-refractivity contribution in [3.05, 3.63) is 65.3 Å². The van der Waals surface area contributed by atoms with Crippen LogP contribution in [0.3, 0.4) is 0 Å². The van der Waals surface area contributed by atoms with Gasteiger partial charge >= 0.3 is 0 Å². The van der Waals surface area contributed by atoms with Crippen LogP contribution >= 0.6 is 0 Å². The fourth-order valence-electron chi connectivity index (χ4n) is 1.86. The fourth-order valence-corrected chi connectivity index (χ4v) is 1.86. The molecule has 88 valence electrons. The van der Waals surface area contributed by atoms with E-state index in [-0.39, 0.29) is 6.42 Å². The zero-order valence-electron chi connectivity index (χ0n) is 9.80. The Bertz CT molecular complexity index is 479. The zero-order valence-corrected chi connectivity index (χ0v) is 9.80. The monoisotopic (exact) mass is 228 g/mol. The molecule has 0 bridgehead atoms. The van der Waals surface area contributed by atoms with Gasteiger partial charge in [0.1, 0.15) is 0 Å². The predicted octanol–water partition coefficient (Wildman–Crippen LogP) is 2.66. The van der Waals surface area contributed by atoms with E-state index in [4.69, 9.17) is 0 Å². The van der Waals surface area contributed by atoms with Crippen LogP contribution in [0.4, 0.5) is 0 Å². The summed E-state index contributed by atoms with van der Waals surface area (Å²) in [5.74, 6) is -1.69. The van der Waals surface area contributed by atoms with E-state index in [1.165, 1.54) is 6.08 Å². The molecule has 0 radical (unpaired) electrons. The average molecular weight is 228 g/mol. The maximum atomic E-state index is 9.46. The van der Waals surface area contributed by atoms with Crippen molar-refractivity contribution in [1.82, 2.24) is 0 Å². The molecule has 0 spiro atoms. The number of benzene rings is 1. The molecule has 1 aromatic rings. The van der Waals surface area contributed by atoms with Crippen molar-refractivity contribution in [3.8, 4) is 0 Å². The molecule has 2 heteroatoms. The molecule has 1 aliphatic rings. The molecule has 0 amide bonds. The van der Waals surface area contributed by atoms with Gasteiger partial charge in [0.2, 0.25) is 0 Å². The summed E-state index contributed by atoms with van der Waals surface area (Å²) in [7, 11) is 0. The second-order valence-electron chi connectivity index (χ2n) is 4.37. The van der Waals surface area contributed by atoms with E-state index in [0.717, 1.165) is 16.7 Å². The lowest BCUT2D eigenvalue weighted by atomic mass is 9.94. The normalized spacial score (nSPS) is 19.0. The Morgan fingerprint density at radius 1 is 1.12 bits per heavy atom. The third-order valence-corrected chi connectivity index (χ3v) is 2.80. The van der Waals surface area contributed by atoms with Crippen LogP contribution < -0.4 is 0 Å². The van der Waals surface area contributed by atoms with Gasteiger partial charge < -0.3 is 10.2 Å². The van der Waals surface area contributed by atoms with Crippen molar-refractivity contribution in [1.29, 1.82) is 0 Å². The highest BCUT2D eigenvalue weighted by atomic mass is 16.5. The molecule has 2 rings (SSSR count).